The maximum Gasteiger partial charge on any atom is 0.143 e. The first kappa shape index (κ1) is 44.9. The van der Waals surface area contributed by atoms with Gasteiger partial charge in [0.15, 0.2) is 0 Å². The SMILES string of the molecule is c1ccc2c(c1)-c1cccc3c(-c4cccc5oc6ccc(-c7cccc8c7oc7cc(-c9ccc%10c(c9)-c9cccc%11c(-c%12cccc%13oc%14ccc(-c%15cccc%16c%15sc%15ccccc%15%16)cc%14c%12%13)ccc-%10c9%11)ccc78)cc6c45)ccc-2c13. The second-order valence-electron chi connectivity index (χ2n) is 22.8. The maximum absolute atomic E-state index is 7.00. The van der Waals surface area contributed by atoms with Crippen molar-refractivity contribution in [2.24, 2.45) is 0 Å². The molecule has 4 aromatic heterocycles. The first-order valence-electron chi connectivity index (χ1n) is 28.8. The molecule has 0 unspecified atom stereocenters. The highest BCUT2D eigenvalue weighted by atomic mass is 32.1. The number of furan rings is 3. The molecule has 18 aromatic rings. The molecule has 0 saturated heterocycles. The zero-order valence-electron chi connectivity index (χ0n) is 44.9. The van der Waals surface area contributed by atoms with Crippen LogP contribution in [0.3, 0.4) is 0 Å². The van der Waals surface area contributed by atoms with Gasteiger partial charge in [-0.15, -0.1) is 11.3 Å². The predicted molar refractivity (Wildman–Crippen MR) is 352 cm³/mol. The molecule has 0 fully saturated rings. The van der Waals surface area contributed by atoms with Gasteiger partial charge in [0.1, 0.15) is 33.5 Å². The van der Waals surface area contributed by atoms with E-state index in [9.17, 15) is 0 Å². The number of benzene rings is 14. The van der Waals surface area contributed by atoms with Crippen LogP contribution in [0, 0.1) is 0 Å². The molecule has 0 saturated carbocycles. The van der Waals surface area contributed by atoms with Crippen molar-refractivity contribution < 1.29 is 13.3 Å². The van der Waals surface area contributed by atoms with Crippen LogP contribution in [-0.2, 0) is 0 Å². The van der Waals surface area contributed by atoms with E-state index >= 15 is 0 Å². The third-order valence-electron chi connectivity index (χ3n) is 18.6. The van der Waals surface area contributed by atoms with E-state index < -0.39 is 0 Å². The first-order valence-corrected chi connectivity index (χ1v) is 29.6. The minimum atomic E-state index is 0.863. The van der Waals surface area contributed by atoms with E-state index in [1.165, 1.54) is 120 Å². The van der Waals surface area contributed by atoms with Gasteiger partial charge in [0, 0.05) is 58.1 Å². The smallest absolute Gasteiger partial charge is 0.143 e. The van der Waals surface area contributed by atoms with Gasteiger partial charge in [-0.3, -0.25) is 0 Å². The number of thiophene rings is 1. The molecule has 3 nitrogen and oxygen atoms in total. The summed E-state index contributed by atoms with van der Waals surface area (Å²) < 4.78 is 22.9. The second kappa shape index (κ2) is 16.5. The monoisotopic (exact) mass is 1080 g/mol. The zero-order chi connectivity index (χ0) is 54.5. The maximum atomic E-state index is 7.00. The topological polar surface area (TPSA) is 39.4 Å². The molecule has 0 N–H and O–H groups in total. The van der Waals surface area contributed by atoms with E-state index in [2.05, 4.69) is 255 Å². The summed E-state index contributed by atoms with van der Waals surface area (Å²) in [6.45, 7) is 0. The van der Waals surface area contributed by atoms with Crippen LogP contribution < -0.4 is 0 Å². The fourth-order valence-electron chi connectivity index (χ4n) is 14.9. The largest absolute Gasteiger partial charge is 0.456 e. The van der Waals surface area contributed by atoms with Crippen LogP contribution in [0.2, 0.25) is 0 Å². The quantitative estimate of drug-likeness (QED) is 0.172. The van der Waals surface area contributed by atoms with Crippen molar-refractivity contribution in [1.82, 2.24) is 0 Å². The molecule has 0 amide bonds. The van der Waals surface area contributed by atoms with E-state index in [0.29, 0.717) is 0 Å². The van der Waals surface area contributed by atoms with E-state index in [4.69, 9.17) is 13.3 Å². The van der Waals surface area contributed by atoms with Gasteiger partial charge in [-0.1, -0.05) is 194 Å². The summed E-state index contributed by atoms with van der Waals surface area (Å²) in [5, 5.41) is 14.4. The Morgan fingerprint density at radius 3 is 1.33 bits per heavy atom. The molecule has 20 rings (SSSR count). The second-order valence-corrected chi connectivity index (χ2v) is 23.9. The van der Waals surface area contributed by atoms with E-state index in [1.54, 1.807) is 0 Å². The van der Waals surface area contributed by atoms with E-state index in [0.717, 1.165) is 88.1 Å². The van der Waals surface area contributed by atoms with Crippen molar-refractivity contribution in [3.05, 3.63) is 255 Å². The Balaban J connectivity index is 0.668. The fraction of sp³-hybridized carbons (Fsp3) is 0. The normalized spacial score (nSPS) is 12.5. The van der Waals surface area contributed by atoms with Gasteiger partial charge >= 0.3 is 0 Å². The average molecular weight is 1080 g/mol. The summed E-state index contributed by atoms with van der Waals surface area (Å²) in [5.41, 5.74) is 27.0. The fourth-order valence-corrected chi connectivity index (χ4v) is 16.2. The molecule has 0 spiro atoms. The molecule has 2 aliphatic rings. The average Bonchev–Trinajstić information content (AvgIpc) is 4.57. The molecule has 4 heterocycles. The molecule has 4 heteroatoms. The van der Waals surface area contributed by atoms with Crippen molar-refractivity contribution in [3.63, 3.8) is 0 Å². The highest BCUT2D eigenvalue weighted by molar-refractivity contribution is 7.26. The standard InChI is InChI=1S/C80H42O3S/c1-2-12-50-49(11-1)56-16-7-17-57-51(33-35-62(50)75(56)57)59-20-9-24-71-77(59)67-40-45(29-37-69(67)81-71)47-14-5-22-64-54-32-28-44(42-73(54)83-79(47)64)43-27-31-53-63-36-34-52(58-18-8-19-61(76(58)63)66(53)39-43)60-21-10-25-72-78(60)68-41-46(30-38-70(68)82-72)48-15-6-23-65-55-13-3-4-26-74(55)84-80(48)65/h1-42H. The summed E-state index contributed by atoms with van der Waals surface area (Å²) in [4.78, 5) is 0. The first-order chi connectivity index (χ1) is 41.6. The van der Waals surface area contributed by atoms with E-state index in [1.807, 2.05) is 11.3 Å². The third-order valence-corrected chi connectivity index (χ3v) is 19.8. The van der Waals surface area contributed by atoms with Crippen LogP contribution in [-0.4, -0.2) is 0 Å². The Bertz CT molecular complexity index is 5970. The Hall–Kier alpha value is -10.8. The van der Waals surface area contributed by atoms with Crippen LogP contribution in [0.4, 0.5) is 0 Å². The molecule has 0 atom stereocenters. The lowest BCUT2D eigenvalue weighted by Gasteiger charge is -2.11. The Morgan fingerprint density at radius 1 is 0.202 bits per heavy atom. The summed E-state index contributed by atoms with van der Waals surface area (Å²) in [7, 11) is 0. The Morgan fingerprint density at radius 2 is 0.655 bits per heavy atom. The lowest BCUT2D eigenvalue weighted by molar-refractivity contribution is 0.668. The minimum Gasteiger partial charge on any atom is -0.456 e. The van der Waals surface area contributed by atoms with Crippen molar-refractivity contribution >= 4 is 119 Å². The molecule has 2 aliphatic carbocycles. The van der Waals surface area contributed by atoms with Crippen LogP contribution in [0.15, 0.2) is 268 Å². The van der Waals surface area contributed by atoms with Crippen LogP contribution in [0.5, 0.6) is 0 Å². The minimum absolute atomic E-state index is 0.863. The number of hydrogen-bond donors (Lipinski definition) is 0. The summed E-state index contributed by atoms with van der Waals surface area (Å²) in [6.07, 6.45) is 0. The van der Waals surface area contributed by atoms with Crippen molar-refractivity contribution in [2.75, 3.05) is 0 Å². The summed E-state index contributed by atoms with van der Waals surface area (Å²) in [5.74, 6) is 0. The number of rotatable bonds is 5. The zero-order valence-corrected chi connectivity index (χ0v) is 45.7. The van der Waals surface area contributed by atoms with Crippen LogP contribution in [0.1, 0.15) is 0 Å². The molecule has 0 aliphatic heterocycles. The molecular formula is C80H42O3S. The molecule has 0 radical (unpaired) electrons. The lowest BCUT2D eigenvalue weighted by atomic mass is 9.91. The Labute approximate surface area is 484 Å². The Kier molecular flexibility index (Phi) is 8.79. The van der Waals surface area contributed by atoms with Gasteiger partial charge in [-0.25, -0.2) is 0 Å². The molecular weight excluding hydrogens is 1040 g/mol. The molecule has 386 valence electrons. The van der Waals surface area contributed by atoms with E-state index in [-0.39, 0.29) is 0 Å². The van der Waals surface area contributed by atoms with Gasteiger partial charge < -0.3 is 13.3 Å². The third kappa shape index (κ3) is 6.04. The molecule has 14 aromatic carbocycles. The lowest BCUT2D eigenvalue weighted by Crippen LogP contribution is -1.85. The van der Waals surface area contributed by atoms with Crippen molar-refractivity contribution in [1.29, 1.82) is 0 Å². The molecule has 84 heavy (non-hydrogen) atoms. The number of para-hydroxylation sites is 1. The van der Waals surface area contributed by atoms with Crippen LogP contribution in [0.25, 0.3) is 208 Å². The molecule has 0 bridgehead atoms. The van der Waals surface area contributed by atoms with Gasteiger partial charge in [-0.05, 0) is 177 Å². The predicted octanol–water partition coefficient (Wildman–Crippen LogP) is 23.7. The number of hydrogen-bond acceptors (Lipinski definition) is 4. The van der Waals surface area contributed by atoms with Crippen molar-refractivity contribution in [2.45, 2.75) is 0 Å². The van der Waals surface area contributed by atoms with Gasteiger partial charge in [0.25, 0.3) is 0 Å². The highest BCUT2D eigenvalue weighted by Crippen LogP contribution is 2.54. The van der Waals surface area contributed by atoms with Crippen LogP contribution >= 0.6 is 11.3 Å². The summed E-state index contributed by atoms with van der Waals surface area (Å²) in [6, 6.07) is 93.5. The van der Waals surface area contributed by atoms with Crippen molar-refractivity contribution in [3.8, 4) is 100 Å². The number of fused-ring (bicyclic) bond motifs is 18. The van der Waals surface area contributed by atoms with Gasteiger partial charge in [-0.2, -0.15) is 0 Å². The highest BCUT2D eigenvalue weighted by Gasteiger charge is 2.27. The van der Waals surface area contributed by atoms with Gasteiger partial charge in [0.2, 0.25) is 0 Å². The van der Waals surface area contributed by atoms with Gasteiger partial charge in [0.05, 0.1) is 0 Å². The summed E-state index contributed by atoms with van der Waals surface area (Å²) >= 11 is 1.87.